The van der Waals surface area contributed by atoms with E-state index >= 15 is 0 Å². The number of nitrogens with one attached hydrogen (secondary N) is 1. The summed E-state index contributed by atoms with van der Waals surface area (Å²) in [5.74, 6) is 0.809. The van der Waals surface area contributed by atoms with Crippen molar-refractivity contribution in [2.45, 2.75) is 32.2 Å². The van der Waals surface area contributed by atoms with Gasteiger partial charge in [-0.1, -0.05) is 24.3 Å². The summed E-state index contributed by atoms with van der Waals surface area (Å²) in [6.07, 6.45) is 6.49. The number of rotatable bonds is 5. The molecule has 3 aromatic rings. The quantitative estimate of drug-likeness (QED) is 0.718. The summed E-state index contributed by atoms with van der Waals surface area (Å²) in [5, 5.41) is 4.52. The monoisotopic (exact) mass is 321 g/mol. The number of hydrogen-bond donors (Lipinski definition) is 1. The molecular weight excluding hydrogens is 302 g/mol. The predicted octanol–water partition coefficient (Wildman–Crippen LogP) is 5.00. The Morgan fingerprint density at radius 3 is 2.70 bits per heavy atom. The van der Waals surface area contributed by atoms with Crippen LogP contribution in [0.2, 0.25) is 0 Å². The first-order valence-corrected chi connectivity index (χ1v) is 8.81. The van der Waals surface area contributed by atoms with E-state index in [4.69, 9.17) is 0 Å². The molecule has 1 N–H and O–H groups in total. The molecule has 4 heteroatoms. The number of benzene rings is 1. The maximum Gasteiger partial charge on any atom is 0.123 e. The zero-order valence-electron chi connectivity index (χ0n) is 13.1. The smallest absolute Gasteiger partial charge is 0.123 e. The lowest BCUT2D eigenvalue weighted by atomic mass is 10.1. The van der Waals surface area contributed by atoms with Crippen molar-refractivity contribution in [2.75, 3.05) is 5.32 Å². The summed E-state index contributed by atoms with van der Waals surface area (Å²) >= 11 is 1.75. The van der Waals surface area contributed by atoms with Gasteiger partial charge in [0, 0.05) is 34.2 Å². The maximum absolute atomic E-state index is 4.57. The minimum Gasteiger partial charge on any atom is -0.380 e. The molecule has 1 aliphatic carbocycles. The SMILES string of the molecule is Cc1cc(NCc2cnc(-c3ccc(C4CC4)cc3)s2)ccn1. The summed E-state index contributed by atoms with van der Waals surface area (Å²) in [6.45, 7) is 2.79. The molecule has 1 saturated carbocycles. The van der Waals surface area contributed by atoms with Crippen LogP contribution in [0.25, 0.3) is 10.6 Å². The Labute approximate surface area is 140 Å². The van der Waals surface area contributed by atoms with Crippen LogP contribution < -0.4 is 5.32 Å². The third-order valence-electron chi connectivity index (χ3n) is 4.12. The van der Waals surface area contributed by atoms with Gasteiger partial charge in [-0.25, -0.2) is 4.98 Å². The van der Waals surface area contributed by atoms with Gasteiger partial charge in [-0.05, 0) is 43.4 Å². The molecule has 0 unspecified atom stereocenters. The molecular formula is C19H19N3S. The number of anilines is 1. The Morgan fingerprint density at radius 2 is 1.96 bits per heavy atom. The lowest BCUT2D eigenvalue weighted by Gasteiger charge is -2.04. The van der Waals surface area contributed by atoms with E-state index in [1.54, 1.807) is 11.3 Å². The number of nitrogens with zero attached hydrogens (tertiary/aromatic N) is 2. The summed E-state index contributed by atoms with van der Waals surface area (Å²) < 4.78 is 0. The first-order chi connectivity index (χ1) is 11.3. The van der Waals surface area contributed by atoms with Gasteiger partial charge in [0.05, 0.1) is 6.54 Å². The van der Waals surface area contributed by atoms with E-state index in [0.717, 1.165) is 28.9 Å². The van der Waals surface area contributed by atoms with Crippen LogP contribution >= 0.6 is 11.3 Å². The van der Waals surface area contributed by atoms with Gasteiger partial charge in [0.25, 0.3) is 0 Å². The summed E-state index contributed by atoms with van der Waals surface area (Å²) in [5.41, 5.74) is 4.81. The molecule has 23 heavy (non-hydrogen) atoms. The van der Waals surface area contributed by atoms with Crippen LogP contribution in [0.1, 0.15) is 34.9 Å². The van der Waals surface area contributed by atoms with Crippen LogP contribution in [0.5, 0.6) is 0 Å². The number of hydrogen-bond acceptors (Lipinski definition) is 4. The van der Waals surface area contributed by atoms with Crippen LogP contribution in [-0.2, 0) is 6.54 Å². The lowest BCUT2D eigenvalue weighted by Crippen LogP contribution is -1.97. The summed E-state index contributed by atoms with van der Waals surface area (Å²) in [7, 11) is 0. The molecule has 0 spiro atoms. The highest BCUT2D eigenvalue weighted by Crippen LogP contribution is 2.40. The topological polar surface area (TPSA) is 37.8 Å². The molecule has 1 aliphatic rings. The van der Waals surface area contributed by atoms with Crippen LogP contribution in [0, 0.1) is 6.92 Å². The second kappa shape index (κ2) is 6.13. The van der Waals surface area contributed by atoms with Crippen molar-refractivity contribution in [1.82, 2.24) is 9.97 Å². The van der Waals surface area contributed by atoms with Gasteiger partial charge in [-0.15, -0.1) is 11.3 Å². The second-order valence-corrected chi connectivity index (χ2v) is 7.18. The van der Waals surface area contributed by atoms with Crippen LogP contribution in [0.15, 0.2) is 48.8 Å². The van der Waals surface area contributed by atoms with Gasteiger partial charge in [0.15, 0.2) is 0 Å². The standard InChI is InChI=1S/C19H19N3S/c1-13-10-17(8-9-20-13)21-11-18-12-22-19(23-18)16-6-4-15(5-7-16)14-2-3-14/h4-10,12,14H,2-3,11H2,1H3,(H,20,21). The molecule has 1 aromatic carbocycles. The molecule has 2 heterocycles. The van der Waals surface area contributed by atoms with Gasteiger partial charge in [0.1, 0.15) is 5.01 Å². The average molecular weight is 321 g/mol. The molecule has 3 nitrogen and oxygen atoms in total. The lowest BCUT2D eigenvalue weighted by molar-refractivity contribution is 1.13. The van der Waals surface area contributed by atoms with E-state index in [1.165, 1.54) is 28.8 Å². The largest absolute Gasteiger partial charge is 0.380 e. The number of aryl methyl sites for hydroxylation is 1. The zero-order valence-corrected chi connectivity index (χ0v) is 13.9. The van der Waals surface area contributed by atoms with Crippen LogP contribution in [-0.4, -0.2) is 9.97 Å². The molecule has 0 atom stereocenters. The fraction of sp³-hybridized carbons (Fsp3) is 0.263. The van der Waals surface area contributed by atoms with E-state index in [1.807, 2.05) is 25.4 Å². The minimum atomic E-state index is 0.793. The Kier molecular flexibility index (Phi) is 3.83. The second-order valence-electron chi connectivity index (χ2n) is 6.07. The zero-order chi connectivity index (χ0) is 15.6. The molecule has 1 fully saturated rings. The van der Waals surface area contributed by atoms with Crippen molar-refractivity contribution in [3.05, 3.63) is 64.9 Å². The molecule has 0 radical (unpaired) electrons. The Balaban J connectivity index is 1.43. The van der Waals surface area contributed by atoms with Crippen molar-refractivity contribution in [3.63, 3.8) is 0 Å². The van der Waals surface area contributed by atoms with Gasteiger partial charge >= 0.3 is 0 Å². The van der Waals surface area contributed by atoms with Crippen molar-refractivity contribution in [3.8, 4) is 10.6 Å². The Hall–Kier alpha value is -2.20. The van der Waals surface area contributed by atoms with Crippen molar-refractivity contribution in [1.29, 1.82) is 0 Å². The molecule has 4 rings (SSSR count). The van der Waals surface area contributed by atoms with Crippen molar-refractivity contribution in [2.24, 2.45) is 0 Å². The minimum absolute atomic E-state index is 0.793. The first kappa shape index (κ1) is 14.4. The molecule has 0 amide bonds. The molecule has 0 saturated heterocycles. The first-order valence-electron chi connectivity index (χ1n) is 7.99. The summed E-state index contributed by atoms with van der Waals surface area (Å²) in [6, 6.07) is 13.0. The van der Waals surface area contributed by atoms with Crippen molar-refractivity contribution >= 4 is 17.0 Å². The highest BCUT2D eigenvalue weighted by molar-refractivity contribution is 7.15. The predicted molar refractivity (Wildman–Crippen MR) is 95.8 cm³/mol. The van der Waals surface area contributed by atoms with E-state index < -0.39 is 0 Å². The van der Waals surface area contributed by atoms with E-state index in [-0.39, 0.29) is 0 Å². The average Bonchev–Trinajstić information content (AvgIpc) is 3.32. The van der Waals surface area contributed by atoms with E-state index in [0.29, 0.717) is 0 Å². The summed E-state index contributed by atoms with van der Waals surface area (Å²) in [4.78, 5) is 10.0. The highest BCUT2D eigenvalue weighted by atomic mass is 32.1. The highest BCUT2D eigenvalue weighted by Gasteiger charge is 2.23. The maximum atomic E-state index is 4.57. The van der Waals surface area contributed by atoms with Gasteiger partial charge in [-0.2, -0.15) is 0 Å². The van der Waals surface area contributed by atoms with E-state index in [9.17, 15) is 0 Å². The third kappa shape index (κ3) is 3.42. The fourth-order valence-electron chi connectivity index (χ4n) is 2.68. The number of thiazole rings is 1. The molecule has 0 bridgehead atoms. The number of pyridine rings is 1. The molecule has 0 aliphatic heterocycles. The molecule has 116 valence electrons. The Morgan fingerprint density at radius 1 is 1.13 bits per heavy atom. The van der Waals surface area contributed by atoms with Gasteiger partial charge in [-0.3, -0.25) is 4.98 Å². The Bertz CT molecular complexity index is 803. The number of aromatic nitrogens is 2. The van der Waals surface area contributed by atoms with Crippen LogP contribution in [0.4, 0.5) is 5.69 Å². The van der Waals surface area contributed by atoms with Crippen molar-refractivity contribution < 1.29 is 0 Å². The third-order valence-corrected chi connectivity index (χ3v) is 5.17. The normalized spacial score (nSPS) is 14.0. The van der Waals surface area contributed by atoms with Gasteiger partial charge < -0.3 is 5.32 Å². The van der Waals surface area contributed by atoms with E-state index in [2.05, 4.69) is 45.6 Å². The van der Waals surface area contributed by atoms with Gasteiger partial charge in [0.2, 0.25) is 0 Å². The molecule has 2 aromatic heterocycles. The van der Waals surface area contributed by atoms with Crippen LogP contribution in [0.3, 0.4) is 0 Å². The fourth-order valence-corrected chi connectivity index (χ4v) is 3.54.